The highest BCUT2D eigenvalue weighted by molar-refractivity contribution is 7.98. The lowest BCUT2D eigenvalue weighted by molar-refractivity contribution is 0.0689. The molecule has 0 radical (unpaired) electrons. The summed E-state index contributed by atoms with van der Waals surface area (Å²) < 4.78 is 5.15. The summed E-state index contributed by atoms with van der Waals surface area (Å²) in [5.41, 5.74) is 0.820. The Morgan fingerprint density at radius 1 is 1.37 bits per heavy atom. The highest BCUT2D eigenvalue weighted by Gasteiger charge is 2.11. The van der Waals surface area contributed by atoms with Crippen molar-refractivity contribution in [3.05, 3.63) is 53.9 Å². The molecule has 1 aromatic heterocycles. The van der Waals surface area contributed by atoms with Crippen LogP contribution in [0, 0.1) is 0 Å². The molecule has 0 aliphatic carbocycles. The number of ether oxygens (including phenoxy) is 1. The second-order valence-corrected chi connectivity index (χ2v) is 4.83. The Morgan fingerprint density at radius 3 is 2.95 bits per heavy atom. The Labute approximate surface area is 115 Å². The van der Waals surface area contributed by atoms with Crippen molar-refractivity contribution < 1.29 is 14.6 Å². The number of carbonyl (C=O) groups is 1. The third kappa shape index (κ3) is 3.48. The van der Waals surface area contributed by atoms with Gasteiger partial charge in [-0.15, -0.1) is 11.8 Å². The van der Waals surface area contributed by atoms with Crippen molar-refractivity contribution in [3.8, 4) is 5.75 Å². The van der Waals surface area contributed by atoms with Crippen molar-refractivity contribution in [1.29, 1.82) is 0 Å². The van der Waals surface area contributed by atoms with E-state index in [4.69, 9.17) is 9.84 Å². The molecule has 1 aromatic carbocycles. The van der Waals surface area contributed by atoms with Crippen LogP contribution in [0.15, 0.2) is 47.5 Å². The molecule has 0 unspecified atom stereocenters. The van der Waals surface area contributed by atoms with Crippen molar-refractivity contribution in [3.63, 3.8) is 0 Å². The van der Waals surface area contributed by atoms with Gasteiger partial charge in [-0.05, 0) is 29.8 Å². The van der Waals surface area contributed by atoms with E-state index in [0.717, 1.165) is 10.6 Å². The van der Waals surface area contributed by atoms with Crippen molar-refractivity contribution in [2.75, 3.05) is 7.11 Å². The number of pyridine rings is 1. The average Bonchev–Trinajstić information content (AvgIpc) is 2.45. The van der Waals surface area contributed by atoms with Gasteiger partial charge in [0.1, 0.15) is 5.75 Å². The fourth-order valence-electron chi connectivity index (χ4n) is 1.60. The maximum atomic E-state index is 11.0. The Morgan fingerprint density at radius 2 is 2.21 bits per heavy atom. The van der Waals surface area contributed by atoms with Crippen LogP contribution in [0.2, 0.25) is 0 Å². The molecule has 5 heteroatoms. The molecule has 0 atom stereocenters. The molecule has 2 rings (SSSR count). The van der Waals surface area contributed by atoms with Crippen molar-refractivity contribution in [2.24, 2.45) is 0 Å². The third-order valence-electron chi connectivity index (χ3n) is 2.53. The summed E-state index contributed by atoms with van der Waals surface area (Å²) in [7, 11) is 1.62. The second-order valence-electron chi connectivity index (χ2n) is 3.78. The van der Waals surface area contributed by atoms with Crippen LogP contribution in [0.4, 0.5) is 0 Å². The molecular weight excluding hydrogens is 262 g/mol. The number of methoxy groups -OCH3 is 1. The summed E-state index contributed by atoms with van der Waals surface area (Å²) in [5, 5.41) is 9.05. The standard InChI is InChI=1S/C14H13NO3S/c1-18-11-5-2-6-12(8-11)19-9-10-4-3-7-15-13(10)14(16)17/h2-8H,9H2,1H3,(H,16,17). The molecule has 0 aliphatic heterocycles. The number of carboxylic acid groups (broad SMARTS) is 1. The number of benzene rings is 1. The Hall–Kier alpha value is -2.01. The quantitative estimate of drug-likeness (QED) is 0.850. The minimum Gasteiger partial charge on any atom is -0.497 e. The van der Waals surface area contributed by atoms with Gasteiger partial charge in [-0.3, -0.25) is 0 Å². The number of hydrogen-bond acceptors (Lipinski definition) is 4. The minimum atomic E-state index is -0.998. The van der Waals surface area contributed by atoms with Gasteiger partial charge in [-0.2, -0.15) is 0 Å². The number of nitrogens with zero attached hydrogens (tertiary/aromatic N) is 1. The Bertz CT molecular complexity index is 586. The molecule has 98 valence electrons. The molecule has 0 fully saturated rings. The van der Waals surface area contributed by atoms with E-state index >= 15 is 0 Å². The molecule has 4 nitrogen and oxygen atoms in total. The first-order valence-corrected chi connectivity index (χ1v) is 6.63. The van der Waals surface area contributed by atoms with Crippen LogP contribution in [0.3, 0.4) is 0 Å². The number of hydrogen-bond donors (Lipinski definition) is 1. The first kappa shape index (κ1) is 13.4. The maximum absolute atomic E-state index is 11.0. The first-order valence-electron chi connectivity index (χ1n) is 5.64. The number of thioether (sulfide) groups is 1. The normalized spacial score (nSPS) is 10.2. The summed E-state index contributed by atoms with van der Waals surface area (Å²) in [6.07, 6.45) is 1.49. The largest absolute Gasteiger partial charge is 0.497 e. The summed E-state index contributed by atoms with van der Waals surface area (Å²) in [4.78, 5) is 16.0. The van der Waals surface area contributed by atoms with E-state index in [-0.39, 0.29) is 5.69 Å². The lowest BCUT2D eigenvalue weighted by Crippen LogP contribution is -2.04. The van der Waals surface area contributed by atoms with Crippen molar-refractivity contribution >= 4 is 17.7 Å². The molecule has 0 spiro atoms. The Kier molecular flexibility index (Phi) is 4.41. The van der Waals surface area contributed by atoms with E-state index in [2.05, 4.69) is 4.98 Å². The van der Waals surface area contributed by atoms with E-state index in [1.165, 1.54) is 6.20 Å². The molecular formula is C14H13NO3S. The average molecular weight is 275 g/mol. The monoisotopic (exact) mass is 275 g/mol. The van der Waals surface area contributed by atoms with Gasteiger partial charge in [0.25, 0.3) is 0 Å². The highest BCUT2D eigenvalue weighted by Crippen LogP contribution is 2.26. The van der Waals surface area contributed by atoms with Gasteiger partial charge >= 0.3 is 5.97 Å². The van der Waals surface area contributed by atoms with E-state index in [1.54, 1.807) is 31.0 Å². The zero-order valence-electron chi connectivity index (χ0n) is 10.4. The van der Waals surface area contributed by atoms with Crippen molar-refractivity contribution in [1.82, 2.24) is 4.98 Å². The molecule has 0 bridgehead atoms. The number of aromatic carboxylic acids is 1. The maximum Gasteiger partial charge on any atom is 0.354 e. The fourth-order valence-corrected chi connectivity index (χ4v) is 2.53. The molecule has 0 saturated carbocycles. The van der Waals surface area contributed by atoms with Gasteiger partial charge in [0, 0.05) is 16.8 Å². The summed E-state index contributed by atoms with van der Waals surface area (Å²) in [6, 6.07) is 11.2. The molecule has 0 saturated heterocycles. The van der Waals surface area contributed by atoms with Crippen LogP contribution >= 0.6 is 11.8 Å². The number of carboxylic acids is 1. The van der Waals surface area contributed by atoms with Crippen LogP contribution in [0.1, 0.15) is 16.1 Å². The fraction of sp³-hybridized carbons (Fsp3) is 0.143. The molecule has 2 aromatic rings. The summed E-state index contributed by atoms with van der Waals surface area (Å²) in [5.74, 6) is 0.347. The second kappa shape index (κ2) is 6.24. The topological polar surface area (TPSA) is 59.4 Å². The zero-order valence-corrected chi connectivity index (χ0v) is 11.2. The smallest absolute Gasteiger partial charge is 0.354 e. The van der Waals surface area contributed by atoms with E-state index in [0.29, 0.717) is 11.3 Å². The minimum absolute atomic E-state index is 0.109. The van der Waals surface area contributed by atoms with Crippen LogP contribution in [-0.2, 0) is 5.75 Å². The van der Waals surface area contributed by atoms with Gasteiger partial charge in [0.15, 0.2) is 5.69 Å². The molecule has 1 N–H and O–H groups in total. The van der Waals surface area contributed by atoms with E-state index < -0.39 is 5.97 Å². The molecule has 1 heterocycles. The predicted octanol–water partition coefficient (Wildman–Crippen LogP) is 3.08. The predicted molar refractivity (Wildman–Crippen MR) is 73.8 cm³/mol. The van der Waals surface area contributed by atoms with Gasteiger partial charge in [-0.1, -0.05) is 12.1 Å². The zero-order chi connectivity index (χ0) is 13.7. The lowest BCUT2D eigenvalue weighted by atomic mass is 10.2. The van der Waals surface area contributed by atoms with Gasteiger partial charge in [0.2, 0.25) is 0 Å². The first-order chi connectivity index (χ1) is 9.20. The third-order valence-corrected chi connectivity index (χ3v) is 3.57. The number of rotatable bonds is 5. The summed E-state index contributed by atoms with van der Waals surface area (Å²) >= 11 is 1.55. The van der Waals surface area contributed by atoms with Gasteiger partial charge in [-0.25, -0.2) is 9.78 Å². The summed E-state index contributed by atoms with van der Waals surface area (Å²) in [6.45, 7) is 0. The highest BCUT2D eigenvalue weighted by atomic mass is 32.2. The van der Waals surface area contributed by atoms with Crippen LogP contribution in [-0.4, -0.2) is 23.2 Å². The molecule has 0 amide bonds. The molecule has 0 aliphatic rings. The van der Waals surface area contributed by atoms with Crippen LogP contribution < -0.4 is 4.74 Å². The SMILES string of the molecule is COc1cccc(SCc2cccnc2C(=O)O)c1. The van der Waals surface area contributed by atoms with Crippen molar-refractivity contribution in [2.45, 2.75) is 10.6 Å². The lowest BCUT2D eigenvalue weighted by Gasteiger charge is -2.06. The van der Waals surface area contributed by atoms with E-state index in [9.17, 15) is 4.79 Å². The van der Waals surface area contributed by atoms with Crippen LogP contribution in [0.25, 0.3) is 0 Å². The van der Waals surface area contributed by atoms with E-state index in [1.807, 2.05) is 24.3 Å². The molecule has 19 heavy (non-hydrogen) atoms. The Balaban J connectivity index is 2.12. The van der Waals surface area contributed by atoms with Crippen LogP contribution in [0.5, 0.6) is 5.75 Å². The number of aromatic nitrogens is 1. The van der Waals surface area contributed by atoms with Gasteiger partial charge < -0.3 is 9.84 Å². The van der Waals surface area contributed by atoms with Gasteiger partial charge in [0.05, 0.1) is 7.11 Å².